The Hall–Kier alpha value is -1.74. The highest BCUT2D eigenvalue weighted by molar-refractivity contribution is 6.84. The highest BCUT2D eigenvalue weighted by atomic mass is 28.5. The third-order valence-corrected chi connectivity index (χ3v) is 17.5. The molecule has 0 saturated carbocycles. The number of alkyl halides is 3. The highest BCUT2D eigenvalue weighted by Crippen LogP contribution is 2.50. The van der Waals surface area contributed by atoms with Crippen LogP contribution >= 0.6 is 0 Å². The molecule has 3 rings (SSSR count). The van der Waals surface area contributed by atoms with Crippen molar-refractivity contribution in [3.63, 3.8) is 0 Å². The molecule has 1 aromatic heterocycles. The van der Waals surface area contributed by atoms with Crippen molar-refractivity contribution in [1.82, 2.24) is 9.55 Å². The molecule has 1 aromatic rings. The van der Waals surface area contributed by atoms with Crippen molar-refractivity contribution >= 4 is 17.1 Å². The Morgan fingerprint density at radius 1 is 1.05 bits per heavy atom. The molecular weight excluding hydrogens is 541 g/mol. The molecule has 2 aliphatic rings. The van der Waals surface area contributed by atoms with Gasteiger partial charge in [0.2, 0.25) is 0 Å². The van der Waals surface area contributed by atoms with E-state index in [4.69, 9.17) is 17.7 Å². The zero-order chi connectivity index (χ0) is 28.8. The van der Waals surface area contributed by atoms with E-state index in [0.717, 1.165) is 22.8 Å². The van der Waals surface area contributed by atoms with E-state index < -0.39 is 58.6 Å². The number of hydrogen-bond donors (Lipinski definition) is 2. The molecule has 0 radical (unpaired) electrons. The number of aromatic amines is 1. The van der Waals surface area contributed by atoms with Crippen molar-refractivity contribution in [3.05, 3.63) is 33.1 Å². The Morgan fingerprint density at radius 2 is 1.61 bits per heavy atom. The molecule has 214 valence electrons. The Labute approximate surface area is 222 Å². The summed E-state index contributed by atoms with van der Waals surface area (Å²) in [6.45, 7) is 15.6. The van der Waals surface area contributed by atoms with Crippen LogP contribution in [0.5, 0.6) is 0 Å². The molecule has 0 spiro atoms. The van der Waals surface area contributed by atoms with Crippen LogP contribution in [0.4, 0.5) is 13.2 Å². The number of rotatable bonds is 5. The molecule has 0 amide bonds. The maximum Gasteiger partial charge on any atom is 0.457 e. The molecule has 14 heteroatoms. The number of halogens is 3. The van der Waals surface area contributed by atoms with Crippen molar-refractivity contribution in [1.29, 1.82) is 0 Å². The van der Waals surface area contributed by atoms with Gasteiger partial charge in [-0.25, -0.2) is 4.79 Å². The van der Waals surface area contributed by atoms with Crippen molar-refractivity contribution in [2.24, 2.45) is 0 Å². The van der Waals surface area contributed by atoms with Crippen LogP contribution in [0.3, 0.4) is 0 Å². The van der Waals surface area contributed by atoms with E-state index in [1.165, 1.54) is 0 Å². The summed E-state index contributed by atoms with van der Waals surface area (Å²) in [4.78, 5) is 26.3. The molecule has 2 fully saturated rings. The van der Waals surface area contributed by atoms with E-state index in [1.807, 2.05) is 66.3 Å². The first-order chi connectivity index (χ1) is 17.4. The van der Waals surface area contributed by atoms with Gasteiger partial charge in [0.25, 0.3) is 5.56 Å². The van der Waals surface area contributed by atoms with Crippen molar-refractivity contribution < 1.29 is 36.0 Å². The number of aliphatic hydroxyl groups is 1. The first-order valence-corrected chi connectivity index (χ1v) is 16.7. The molecule has 2 aliphatic heterocycles. The topological polar surface area (TPSA) is 112 Å². The standard InChI is InChI=1S/C24H37F3N2O7Si2/c1-14(2)37(15(3)4)33-13-18-20(35-38(36-37,16(5)6)17(7)8)23(32,10-11-24(25,26)27)21(34-18)29-12-9-19(30)28-22(29)31/h9,12,14-18,20-21,32H,13H2,1-8H3,(H,28,30,31)/t18-,20-,21-,23-/m1/s1. The fourth-order valence-corrected chi connectivity index (χ4v) is 16.6. The number of nitrogens with one attached hydrogen (secondary N) is 1. The monoisotopic (exact) mass is 578 g/mol. The Balaban J connectivity index is 2.28. The minimum absolute atomic E-state index is 0.00468. The number of H-pyrrole nitrogens is 1. The number of ether oxygens (including phenoxy) is 1. The van der Waals surface area contributed by atoms with Gasteiger partial charge < -0.3 is 22.8 Å². The quantitative estimate of drug-likeness (QED) is 0.405. The van der Waals surface area contributed by atoms with Gasteiger partial charge in [0, 0.05) is 18.2 Å². The van der Waals surface area contributed by atoms with Gasteiger partial charge in [0.1, 0.15) is 12.2 Å². The second-order valence-electron chi connectivity index (χ2n) is 11.1. The van der Waals surface area contributed by atoms with Gasteiger partial charge in [-0.05, 0) is 22.2 Å². The van der Waals surface area contributed by atoms with Gasteiger partial charge in [-0.1, -0.05) is 61.3 Å². The predicted molar refractivity (Wildman–Crippen MR) is 138 cm³/mol. The molecule has 0 aliphatic carbocycles. The fraction of sp³-hybridized carbons (Fsp3) is 0.750. The number of nitrogens with zero attached hydrogens (tertiary/aromatic N) is 1. The molecular formula is C24H37F3N2O7Si2. The molecule has 38 heavy (non-hydrogen) atoms. The smallest absolute Gasteiger partial charge is 0.414 e. The second kappa shape index (κ2) is 10.7. The SMILES string of the molecule is CC(C)[Si]1(C(C)C)OC[C@H]2O[C@@H](n3ccc(=O)[nH]c3=O)[C@@](O)(C#CC(F)(F)F)[C@@H]2O[Si](C(C)C)(C(C)C)O1. The summed E-state index contributed by atoms with van der Waals surface area (Å²) in [5, 5.41) is 11.9. The first-order valence-electron chi connectivity index (χ1n) is 12.7. The van der Waals surface area contributed by atoms with Crippen LogP contribution in [0.2, 0.25) is 22.2 Å². The lowest BCUT2D eigenvalue weighted by Crippen LogP contribution is -2.67. The molecule has 9 nitrogen and oxygen atoms in total. The Morgan fingerprint density at radius 3 is 2.08 bits per heavy atom. The lowest BCUT2D eigenvalue weighted by molar-refractivity contribution is -0.0808. The number of aromatic nitrogens is 2. The molecule has 4 atom stereocenters. The van der Waals surface area contributed by atoms with Gasteiger partial charge >= 0.3 is 29.0 Å². The fourth-order valence-electron chi connectivity index (χ4n) is 5.37. The van der Waals surface area contributed by atoms with E-state index in [2.05, 4.69) is 0 Å². The van der Waals surface area contributed by atoms with Crippen LogP contribution in [0.15, 0.2) is 21.9 Å². The zero-order valence-corrected chi connectivity index (χ0v) is 24.9. The van der Waals surface area contributed by atoms with Gasteiger partial charge in [-0.15, -0.1) is 0 Å². The Kier molecular flexibility index (Phi) is 8.66. The maximum absolute atomic E-state index is 13.3. The summed E-state index contributed by atoms with van der Waals surface area (Å²) < 4.78 is 67.0. The van der Waals surface area contributed by atoms with Crippen LogP contribution in [0, 0.1) is 11.8 Å². The molecule has 3 heterocycles. The third kappa shape index (κ3) is 5.47. The second-order valence-corrected chi connectivity index (χ2v) is 20.0. The van der Waals surface area contributed by atoms with Crippen LogP contribution in [-0.4, -0.2) is 62.4 Å². The van der Waals surface area contributed by atoms with E-state index >= 15 is 0 Å². The lowest BCUT2D eigenvalue weighted by atomic mass is 9.94. The molecule has 0 bridgehead atoms. The van der Waals surface area contributed by atoms with Crippen LogP contribution in [0.1, 0.15) is 61.6 Å². The molecule has 2 N–H and O–H groups in total. The Bertz CT molecular complexity index is 1170. The summed E-state index contributed by atoms with van der Waals surface area (Å²) in [5.74, 6) is 3.06. The number of hydrogen-bond acceptors (Lipinski definition) is 7. The van der Waals surface area contributed by atoms with Crippen molar-refractivity contribution in [2.75, 3.05) is 6.61 Å². The van der Waals surface area contributed by atoms with Gasteiger partial charge in [0.15, 0.2) is 11.8 Å². The van der Waals surface area contributed by atoms with Crippen molar-refractivity contribution in [2.45, 2.75) is 108 Å². The average Bonchev–Trinajstić information content (AvgIpc) is 3.02. The summed E-state index contributed by atoms with van der Waals surface area (Å²) in [5.41, 5.74) is -4.72. The van der Waals surface area contributed by atoms with E-state index in [9.17, 15) is 27.9 Å². The van der Waals surface area contributed by atoms with Crippen LogP contribution < -0.4 is 11.2 Å². The van der Waals surface area contributed by atoms with Gasteiger partial charge in [0.05, 0.1) is 6.61 Å². The maximum atomic E-state index is 13.3. The summed E-state index contributed by atoms with van der Waals surface area (Å²) >= 11 is 0. The predicted octanol–water partition coefficient (Wildman–Crippen LogP) is 3.69. The summed E-state index contributed by atoms with van der Waals surface area (Å²) in [6.07, 6.45) is -8.14. The normalized spacial score (nSPS) is 29.2. The minimum atomic E-state index is -4.94. The highest BCUT2D eigenvalue weighted by Gasteiger charge is 2.66. The third-order valence-electron chi connectivity index (χ3n) is 7.28. The van der Waals surface area contributed by atoms with E-state index in [1.54, 1.807) is 0 Å². The minimum Gasteiger partial charge on any atom is -0.414 e. The summed E-state index contributed by atoms with van der Waals surface area (Å²) in [7, 11) is -6.39. The molecule has 0 aromatic carbocycles. The lowest BCUT2D eigenvalue weighted by Gasteiger charge is -2.51. The molecule has 0 unspecified atom stereocenters. The van der Waals surface area contributed by atoms with Gasteiger partial charge in [-0.3, -0.25) is 14.3 Å². The average molecular weight is 579 g/mol. The first kappa shape index (κ1) is 30.8. The van der Waals surface area contributed by atoms with E-state index in [0.29, 0.717) is 0 Å². The van der Waals surface area contributed by atoms with Gasteiger partial charge in [-0.2, -0.15) is 13.2 Å². The number of fused-ring (bicyclic) bond motifs is 1. The zero-order valence-electron chi connectivity index (χ0n) is 22.9. The van der Waals surface area contributed by atoms with E-state index in [-0.39, 0.29) is 28.8 Å². The van der Waals surface area contributed by atoms with Crippen LogP contribution in [-0.2, 0) is 17.7 Å². The largest absolute Gasteiger partial charge is 0.457 e. The van der Waals surface area contributed by atoms with Crippen molar-refractivity contribution in [3.8, 4) is 11.8 Å². The molecule has 2 saturated heterocycles. The van der Waals surface area contributed by atoms with Crippen LogP contribution in [0.25, 0.3) is 0 Å². The summed E-state index contributed by atoms with van der Waals surface area (Å²) in [6, 6.07) is 1.000.